The second-order valence-corrected chi connectivity index (χ2v) is 4.96. The van der Waals surface area contributed by atoms with Crippen molar-refractivity contribution in [1.29, 1.82) is 0 Å². The van der Waals surface area contributed by atoms with Gasteiger partial charge in [0.05, 0.1) is 29.6 Å². The Labute approximate surface area is 112 Å². The van der Waals surface area contributed by atoms with E-state index in [0.717, 1.165) is 24.3 Å². The molecule has 0 saturated carbocycles. The lowest BCUT2D eigenvalue weighted by Crippen LogP contribution is -2.01. The molecular weight excluding hydrogens is 236 g/mol. The minimum Gasteiger partial charge on any atom is -0.324 e. The van der Waals surface area contributed by atoms with Gasteiger partial charge in [-0.2, -0.15) is 5.10 Å². The molecular formula is C15H18N4. The van der Waals surface area contributed by atoms with Crippen molar-refractivity contribution in [2.24, 2.45) is 0 Å². The molecule has 0 fully saturated rings. The smallest absolute Gasteiger partial charge is 0.0962 e. The van der Waals surface area contributed by atoms with Gasteiger partial charge in [0, 0.05) is 12.7 Å². The minimum atomic E-state index is 0.770. The normalized spacial score (nSPS) is 11.3. The summed E-state index contributed by atoms with van der Waals surface area (Å²) in [6.45, 7) is 8.03. The molecule has 0 aliphatic rings. The molecule has 4 nitrogen and oxygen atoms in total. The summed E-state index contributed by atoms with van der Waals surface area (Å²) >= 11 is 0. The van der Waals surface area contributed by atoms with E-state index >= 15 is 0 Å². The molecule has 0 aliphatic heterocycles. The zero-order valence-corrected chi connectivity index (χ0v) is 11.6. The van der Waals surface area contributed by atoms with Crippen LogP contribution in [0.5, 0.6) is 0 Å². The number of fused-ring (bicyclic) bond motifs is 1. The molecule has 0 radical (unpaired) electrons. The number of aromatic nitrogens is 4. The molecule has 2 heterocycles. The molecule has 0 spiro atoms. The van der Waals surface area contributed by atoms with Gasteiger partial charge in [-0.05, 0) is 50.1 Å². The van der Waals surface area contributed by atoms with Crippen LogP contribution in [0.3, 0.4) is 0 Å². The first-order valence-electron chi connectivity index (χ1n) is 6.62. The van der Waals surface area contributed by atoms with E-state index in [1.165, 1.54) is 16.6 Å². The van der Waals surface area contributed by atoms with Gasteiger partial charge < -0.3 is 4.57 Å². The second-order valence-electron chi connectivity index (χ2n) is 4.96. The maximum atomic E-state index is 4.52. The number of hydrogen-bond acceptors (Lipinski definition) is 2. The first-order chi connectivity index (χ1) is 9.17. The quantitative estimate of drug-likeness (QED) is 0.720. The molecule has 3 rings (SSSR count). The van der Waals surface area contributed by atoms with Crippen LogP contribution in [0.1, 0.15) is 23.7 Å². The van der Waals surface area contributed by atoms with Crippen molar-refractivity contribution in [1.82, 2.24) is 19.3 Å². The maximum absolute atomic E-state index is 4.52. The van der Waals surface area contributed by atoms with Crippen LogP contribution in [0.15, 0.2) is 30.7 Å². The van der Waals surface area contributed by atoms with Crippen LogP contribution in [-0.2, 0) is 13.1 Å². The monoisotopic (exact) mass is 254 g/mol. The Morgan fingerprint density at radius 3 is 2.68 bits per heavy atom. The molecule has 0 atom stereocenters. The summed E-state index contributed by atoms with van der Waals surface area (Å²) in [5.74, 6) is 0. The molecule has 98 valence electrons. The summed E-state index contributed by atoms with van der Waals surface area (Å²) in [7, 11) is 0. The van der Waals surface area contributed by atoms with Crippen molar-refractivity contribution < 1.29 is 0 Å². The lowest BCUT2D eigenvalue weighted by atomic mass is 10.1. The standard InChI is InChI=1S/C15H18N4/c1-4-19-6-5-13(17-19)9-18-10-16-14-7-11(2)12(3)8-15(14)18/h5-8,10H,4,9H2,1-3H3. The largest absolute Gasteiger partial charge is 0.324 e. The van der Waals surface area contributed by atoms with Gasteiger partial charge in [0.2, 0.25) is 0 Å². The van der Waals surface area contributed by atoms with E-state index in [1.807, 2.05) is 17.2 Å². The Balaban J connectivity index is 1.98. The predicted octanol–water partition coefficient (Wildman–Crippen LogP) is 2.92. The molecule has 0 bridgehead atoms. The van der Waals surface area contributed by atoms with Gasteiger partial charge in [-0.1, -0.05) is 0 Å². The van der Waals surface area contributed by atoms with Crippen LogP contribution < -0.4 is 0 Å². The highest BCUT2D eigenvalue weighted by atomic mass is 15.3. The predicted molar refractivity (Wildman–Crippen MR) is 76.2 cm³/mol. The third-order valence-electron chi connectivity index (χ3n) is 3.59. The third kappa shape index (κ3) is 2.14. The van der Waals surface area contributed by atoms with Crippen molar-refractivity contribution in [2.45, 2.75) is 33.9 Å². The summed E-state index contributed by atoms with van der Waals surface area (Å²) in [6, 6.07) is 6.41. The lowest BCUT2D eigenvalue weighted by molar-refractivity contribution is 0.638. The molecule has 2 aromatic heterocycles. The topological polar surface area (TPSA) is 35.6 Å². The van der Waals surface area contributed by atoms with Crippen LogP contribution in [0.4, 0.5) is 0 Å². The average Bonchev–Trinajstić information content (AvgIpc) is 2.99. The zero-order valence-electron chi connectivity index (χ0n) is 11.6. The summed E-state index contributed by atoms with van der Waals surface area (Å²) in [5.41, 5.74) is 5.88. The molecule has 0 N–H and O–H groups in total. The van der Waals surface area contributed by atoms with Crippen LogP contribution in [0, 0.1) is 13.8 Å². The Bertz CT molecular complexity index is 721. The molecule has 19 heavy (non-hydrogen) atoms. The zero-order chi connectivity index (χ0) is 13.4. The Kier molecular flexibility index (Phi) is 2.85. The fourth-order valence-corrected chi connectivity index (χ4v) is 2.28. The molecule has 4 heteroatoms. The fourth-order valence-electron chi connectivity index (χ4n) is 2.28. The van der Waals surface area contributed by atoms with Crippen LogP contribution in [0.25, 0.3) is 11.0 Å². The maximum Gasteiger partial charge on any atom is 0.0962 e. The minimum absolute atomic E-state index is 0.770. The first-order valence-corrected chi connectivity index (χ1v) is 6.62. The number of hydrogen-bond donors (Lipinski definition) is 0. The molecule has 0 saturated heterocycles. The highest BCUT2D eigenvalue weighted by Crippen LogP contribution is 2.19. The number of benzene rings is 1. The van der Waals surface area contributed by atoms with Gasteiger partial charge in [-0.3, -0.25) is 4.68 Å². The van der Waals surface area contributed by atoms with Gasteiger partial charge in [0.15, 0.2) is 0 Å². The lowest BCUT2D eigenvalue weighted by Gasteiger charge is -2.04. The van der Waals surface area contributed by atoms with E-state index in [0.29, 0.717) is 0 Å². The van der Waals surface area contributed by atoms with E-state index in [1.54, 1.807) is 0 Å². The SMILES string of the molecule is CCn1ccc(Cn2cnc3cc(C)c(C)cc32)n1. The van der Waals surface area contributed by atoms with Crippen LogP contribution in [-0.4, -0.2) is 19.3 Å². The molecule has 0 aliphatic carbocycles. The second kappa shape index (κ2) is 4.53. The van der Waals surface area contributed by atoms with Gasteiger partial charge >= 0.3 is 0 Å². The Morgan fingerprint density at radius 1 is 1.16 bits per heavy atom. The van der Waals surface area contributed by atoms with Crippen molar-refractivity contribution in [3.8, 4) is 0 Å². The van der Waals surface area contributed by atoms with Gasteiger partial charge in [0.25, 0.3) is 0 Å². The van der Waals surface area contributed by atoms with Crippen molar-refractivity contribution in [3.63, 3.8) is 0 Å². The third-order valence-corrected chi connectivity index (χ3v) is 3.59. The fraction of sp³-hybridized carbons (Fsp3) is 0.333. The summed E-state index contributed by atoms with van der Waals surface area (Å²) < 4.78 is 4.11. The Hall–Kier alpha value is -2.10. The van der Waals surface area contributed by atoms with E-state index in [9.17, 15) is 0 Å². The summed E-state index contributed by atoms with van der Waals surface area (Å²) in [4.78, 5) is 4.47. The van der Waals surface area contributed by atoms with E-state index in [2.05, 4.69) is 53.6 Å². The molecule has 0 amide bonds. The van der Waals surface area contributed by atoms with Gasteiger partial charge in [-0.25, -0.2) is 4.98 Å². The van der Waals surface area contributed by atoms with Crippen LogP contribution in [0.2, 0.25) is 0 Å². The van der Waals surface area contributed by atoms with E-state index in [4.69, 9.17) is 0 Å². The van der Waals surface area contributed by atoms with Crippen molar-refractivity contribution >= 4 is 11.0 Å². The van der Waals surface area contributed by atoms with Crippen LogP contribution >= 0.6 is 0 Å². The molecule has 3 aromatic rings. The number of imidazole rings is 1. The summed E-state index contributed by atoms with van der Waals surface area (Å²) in [5, 5.41) is 4.52. The molecule has 0 unspecified atom stereocenters. The summed E-state index contributed by atoms with van der Waals surface area (Å²) in [6.07, 6.45) is 3.92. The number of rotatable bonds is 3. The van der Waals surface area contributed by atoms with Gasteiger partial charge in [0.1, 0.15) is 0 Å². The molecule has 1 aromatic carbocycles. The Morgan fingerprint density at radius 2 is 1.95 bits per heavy atom. The van der Waals surface area contributed by atoms with Gasteiger partial charge in [-0.15, -0.1) is 0 Å². The van der Waals surface area contributed by atoms with E-state index in [-0.39, 0.29) is 0 Å². The van der Waals surface area contributed by atoms with Crippen molar-refractivity contribution in [2.75, 3.05) is 0 Å². The van der Waals surface area contributed by atoms with E-state index < -0.39 is 0 Å². The highest BCUT2D eigenvalue weighted by Gasteiger charge is 2.06. The first kappa shape index (κ1) is 12.0. The highest BCUT2D eigenvalue weighted by molar-refractivity contribution is 5.77. The number of aryl methyl sites for hydroxylation is 3. The number of nitrogens with zero attached hydrogens (tertiary/aromatic N) is 4. The van der Waals surface area contributed by atoms with Crippen molar-refractivity contribution in [3.05, 3.63) is 47.5 Å². The average molecular weight is 254 g/mol.